The zero-order chi connectivity index (χ0) is 26.5. The summed E-state index contributed by atoms with van der Waals surface area (Å²) >= 11 is 0. The predicted octanol–water partition coefficient (Wildman–Crippen LogP) is 7.10. The second-order valence-corrected chi connectivity index (χ2v) is 10.3. The monoisotopic (exact) mass is 504 g/mol. The van der Waals surface area contributed by atoms with E-state index < -0.39 is 35.3 Å². The van der Waals surface area contributed by atoms with Crippen LogP contribution in [-0.4, -0.2) is 36.8 Å². The van der Waals surface area contributed by atoms with Crippen LogP contribution in [0.1, 0.15) is 32.3 Å². The number of aromatic nitrogens is 1. The lowest BCUT2D eigenvalue weighted by molar-refractivity contribution is 0.0561. The molecule has 6 nitrogen and oxygen atoms in total. The number of anilines is 3. The van der Waals surface area contributed by atoms with Gasteiger partial charge in [0, 0.05) is 54.4 Å². The number of rotatable bonds is 4. The molecule has 0 bridgehead atoms. The zero-order valence-corrected chi connectivity index (χ0v) is 21.4. The molecular weight excluding hydrogens is 474 g/mol. The van der Waals surface area contributed by atoms with Crippen molar-refractivity contribution in [3.05, 3.63) is 78.0 Å². The Labute approximate surface area is 214 Å². The molecule has 0 spiro atoms. The van der Waals surface area contributed by atoms with Gasteiger partial charge in [0.1, 0.15) is 17.7 Å². The number of carbonyl (C=O) groups excluding carboxylic acids is 1. The summed E-state index contributed by atoms with van der Waals surface area (Å²) in [6.07, 6.45) is 0.368. The Morgan fingerprint density at radius 1 is 1.08 bits per heavy atom. The minimum atomic E-state index is -0.779. The summed E-state index contributed by atoms with van der Waals surface area (Å²) in [6.45, 7) is 5.49. The Morgan fingerprint density at radius 2 is 1.81 bits per heavy atom. The van der Waals surface area contributed by atoms with Crippen LogP contribution >= 0.6 is 0 Å². The summed E-state index contributed by atoms with van der Waals surface area (Å²) in [5.74, 6) is -1.87. The molecular formula is C29H30F2N4O2. The number of fused-ring (bicyclic) bond motifs is 2. The number of nitrogens with zero attached hydrogens (tertiary/aromatic N) is 1. The first kappa shape index (κ1) is 24.6. The minimum absolute atomic E-state index is 0.107. The molecule has 1 aliphatic rings. The minimum Gasteiger partial charge on any atom is -0.443 e. The molecule has 2 atom stereocenters. The molecule has 4 aromatic rings. The van der Waals surface area contributed by atoms with E-state index in [1.807, 2.05) is 57.1 Å². The second kappa shape index (κ2) is 9.10. The van der Waals surface area contributed by atoms with Crippen molar-refractivity contribution in [2.24, 2.45) is 0 Å². The highest BCUT2D eigenvalue weighted by Crippen LogP contribution is 2.46. The number of H-pyrrole nitrogens is 1. The standard InChI is InChI=1S/C29H30F2N4O2/c1-16-23-22(15-21(30)24(25(23)31)20-8-6-7-17-13-14-32-26(17)20)34-29(2,3)27(16)37-28(36)33-18-9-11-19(12-10-18)35(4)5/h6-16,27,32,34H,1-5H3,(H,33,36)/t16-,27+/m0/s1. The lowest BCUT2D eigenvalue weighted by Crippen LogP contribution is -2.52. The van der Waals surface area contributed by atoms with Gasteiger partial charge >= 0.3 is 6.09 Å². The highest BCUT2D eigenvalue weighted by Gasteiger charge is 2.45. The van der Waals surface area contributed by atoms with Crippen LogP contribution in [0.25, 0.3) is 22.0 Å². The number of amides is 1. The zero-order valence-electron chi connectivity index (χ0n) is 21.4. The van der Waals surface area contributed by atoms with E-state index in [-0.39, 0.29) is 11.1 Å². The van der Waals surface area contributed by atoms with E-state index in [9.17, 15) is 4.79 Å². The molecule has 3 aromatic carbocycles. The van der Waals surface area contributed by atoms with Gasteiger partial charge in [0.05, 0.1) is 16.6 Å². The fourth-order valence-electron chi connectivity index (χ4n) is 5.27. The highest BCUT2D eigenvalue weighted by molar-refractivity contribution is 5.95. The normalized spacial score (nSPS) is 18.1. The Hall–Kier alpha value is -4.07. The number of nitrogens with one attached hydrogen (secondary N) is 3. The third-order valence-electron chi connectivity index (χ3n) is 7.05. The topological polar surface area (TPSA) is 69.4 Å². The summed E-state index contributed by atoms with van der Waals surface area (Å²) in [5, 5.41) is 6.81. The van der Waals surface area contributed by atoms with Crippen LogP contribution < -0.4 is 15.5 Å². The van der Waals surface area contributed by atoms with Gasteiger partial charge in [-0.25, -0.2) is 13.6 Å². The first-order valence-corrected chi connectivity index (χ1v) is 12.2. The first-order valence-electron chi connectivity index (χ1n) is 12.2. The SMILES string of the molecule is C[C@H]1c2c(cc(F)c(-c3cccc4cc[nH]c34)c2F)NC(C)(C)[C@@H]1OC(=O)Nc1ccc(N(C)C)cc1. The Kier molecular flexibility index (Phi) is 6.06. The molecule has 3 N–H and O–H groups in total. The van der Waals surface area contributed by atoms with Crippen LogP contribution in [0.3, 0.4) is 0 Å². The number of ether oxygens (including phenoxy) is 1. The molecule has 0 radical (unpaired) electrons. The summed E-state index contributed by atoms with van der Waals surface area (Å²) in [6, 6.07) is 15.9. The number of para-hydroxylation sites is 1. The Bertz CT molecular complexity index is 1480. The molecule has 192 valence electrons. The van der Waals surface area contributed by atoms with Gasteiger partial charge in [-0.2, -0.15) is 0 Å². The van der Waals surface area contributed by atoms with Gasteiger partial charge in [-0.15, -0.1) is 0 Å². The van der Waals surface area contributed by atoms with Crippen LogP contribution in [0.5, 0.6) is 0 Å². The largest absolute Gasteiger partial charge is 0.443 e. The maximum absolute atomic E-state index is 16.1. The van der Waals surface area contributed by atoms with Crippen molar-refractivity contribution < 1.29 is 18.3 Å². The second-order valence-electron chi connectivity index (χ2n) is 10.3. The predicted molar refractivity (Wildman–Crippen MR) is 144 cm³/mol. The Balaban J connectivity index is 1.47. The van der Waals surface area contributed by atoms with Gasteiger partial charge in [-0.3, -0.25) is 5.32 Å². The van der Waals surface area contributed by atoms with Crippen LogP contribution in [0.15, 0.2) is 60.8 Å². The maximum Gasteiger partial charge on any atom is 0.411 e. The molecule has 5 rings (SSSR count). The fraction of sp³-hybridized carbons (Fsp3) is 0.276. The lowest BCUT2D eigenvalue weighted by atomic mass is 9.77. The average Bonchev–Trinajstić information content (AvgIpc) is 3.31. The average molecular weight is 505 g/mol. The third-order valence-corrected chi connectivity index (χ3v) is 7.05. The van der Waals surface area contributed by atoms with Crippen molar-refractivity contribution >= 4 is 34.1 Å². The van der Waals surface area contributed by atoms with Gasteiger partial charge in [0.25, 0.3) is 0 Å². The summed E-state index contributed by atoms with van der Waals surface area (Å²) in [4.78, 5) is 17.9. The van der Waals surface area contributed by atoms with Crippen LogP contribution in [0.4, 0.5) is 30.6 Å². The lowest BCUT2D eigenvalue weighted by Gasteiger charge is -2.44. The summed E-state index contributed by atoms with van der Waals surface area (Å²) < 4.78 is 37.4. The van der Waals surface area contributed by atoms with Crippen molar-refractivity contribution in [2.45, 2.75) is 38.3 Å². The van der Waals surface area contributed by atoms with Crippen molar-refractivity contribution in [3.8, 4) is 11.1 Å². The van der Waals surface area contributed by atoms with Crippen molar-refractivity contribution in [3.63, 3.8) is 0 Å². The molecule has 0 saturated carbocycles. The molecule has 1 amide bonds. The van der Waals surface area contributed by atoms with Gasteiger partial charge < -0.3 is 19.9 Å². The molecule has 0 fully saturated rings. The number of carbonyl (C=O) groups is 1. The number of aromatic amines is 1. The van der Waals surface area contributed by atoms with E-state index in [2.05, 4.69) is 15.6 Å². The van der Waals surface area contributed by atoms with E-state index in [0.29, 0.717) is 22.5 Å². The molecule has 37 heavy (non-hydrogen) atoms. The molecule has 0 unspecified atom stereocenters. The first-order chi connectivity index (χ1) is 17.6. The van der Waals surface area contributed by atoms with E-state index in [1.54, 1.807) is 37.4 Å². The van der Waals surface area contributed by atoms with Gasteiger partial charge in [-0.05, 0) is 55.6 Å². The van der Waals surface area contributed by atoms with E-state index in [1.165, 1.54) is 6.07 Å². The number of hydrogen-bond acceptors (Lipinski definition) is 4. The molecule has 0 aliphatic carbocycles. The molecule has 1 aliphatic heterocycles. The van der Waals surface area contributed by atoms with Crippen LogP contribution in [-0.2, 0) is 4.74 Å². The number of halogens is 2. The van der Waals surface area contributed by atoms with Gasteiger partial charge in [0.2, 0.25) is 0 Å². The summed E-state index contributed by atoms with van der Waals surface area (Å²) in [5.41, 5.74) is 2.43. The van der Waals surface area contributed by atoms with E-state index >= 15 is 8.78 Å². The van der Waals surface area contributed by atoms with Gasteiger partial charge in [-0.1, -0.05) is 25.1 Å². The highest BCUT2D eigenvalue weighted by atomic mass is 19.1. The fourth-order valence-corrected chi connectivity index (χ4v) is 5.27. The maximum atomic E-state index is 16.1. The smallest absolute Gasteiger partial charge is 0.411 e. The molecule has 8 heteroatoms. The number of hydrogen-bond donors (Lipinski definition) is 3. The van der Waals surface area contributed by atoms with E-state index in [4.69, 9.17) is 4.74 Å². The number of benzene rings is 3. The van der Waals surface area contributed by atoms with Crippen LogP contribution in [0.2, 0.25) is 0 Å². The third kappa shape index (κ3) is 4.37. The molecule has 1 aromatic heterocycles. The quantitative estimate of drug-likeness (QED) is 0.277. The Morgan fingerprint density at radius 3 is 2.51 bits per heavy atom. The van der Waals surface area contributed by atoms with Crippen molar-refractivity contribution in [1.82, 2.24) is 4.98 Å². The van der Waals surface area contributed by atoms with Gasteiger partial charge in [0.15, 0.2) is 0 Å². The summed E-state index contributed by atoms with van der Waals surface area (Å²) in [7, 11) is 3.87. The van der Waals surface area contributed by atoms with Crippen molar-refractivity contribution in [2.75, 3.05) is 29.6 Å². The van der Waals surface area contributed by atoms with Crippen LogP contribution in [0, 0.1) is 11.6 Å². The molecule has 2 heterocycles. The van der Waals surface area contributed by atoms with Crippen molar-refractivity contribution in [1.29, 1.82) is 0 Å². The molecule has 0 saturated heterocycles. The van der Waals surface area contributed by atoms with E-state index in [0.717, 1.165) is 11.1 Å².